The summed E-state index contributed by atoms with van der Waals surface area (Å²) in [7, 11) is 2.16. The zero-order chi connectivity index (χ0) is 14.0. The van der Waals surface area contributed by atoms with E-state index in [0.29, 0.717) is 5.69 Å². The second-order valence-electron chi connectivity index (χ2n) is 5.58. The van der Waals surface area contributed by atoms with Crippen molar-refractivity contribution in [1.82, 2.24) is 19.8 Å². The third-order valence-corrected chi connectivity index (χ3v) is 4.52. The molecule has 2 saturated heterocycles. The van der Waals surface area contributed by atoms with Crippen LogP contribution in [0.2, 0.25) is 0 Å². The number of carbonyl (C=O) groups excluding carboxylic acids is 1. The van der Waals surface area contributed by atoms with E-state index >= 15 is 0 Å². The highest BCUT2D eigenvalue weighted by molar-refractivity contribution is 5.92. The lowest BCUT2D eigenvalue weighted by Gasteiger charge is -2.49. The molecule has 1 amide bonds. The normalized spacial score (nSPS) is 22.9. The largest absolute Gasteiger partial charge is 0.378 e. The number of hydrogen-bond acceptors (Lipinski definition) is 5. The Morgan fingerprint density at radius 2 is 2.10 bits per heavy atom. The van der Waals surface area contributed by atoms with Crippen LogP contribution < -0.4 is 0 Å². The van der Waals surface area contributed by atoms with Crippen LogP contribution in [0.15, 0.2) is 18.6 Å². The first-order valence-corrected chi connectivity index (χ1v) is 7.06. The third kappa shape index (κ3) is 2.41. The van der Waals surface area contributed by atoms with Gasteiger partial charge in [0.15, 0.2) is 0 Å². The second kappa shape index (κ2) is 5.46. The average Bonchev–Trinajstić information content (AvgIpc) is 2.51. The minimum atomic E-state index is -0.0210. The van der Waals surface area contributed by atoms with Gasteiger partial charge in [0.05, 0.1) is 19.4 Å². The van der Waals surface area contributed by atoms with E-state index in [1.165, 1.54) is 6.20 Å². The Morgan fingerprint density at radius 1 is 1.30 bits per heavy atom. The van der Waals surface area contributed by atoms with Gasteiger partial charge in [-0.2, -0.15) is 0 Å². The van der Waals surface area contributed by atoms with E-state index < -0.39 is 0 Å². The highest BCUT2D eigenvalue weighted by Gasteiger charge is 2.41. The summed E-state index contributed by atoms with van der Waals surface area (Å²) in [6, 6.07) is 0. The summed E-state index contributed by atoms with van der Waals surface area (Å²) in [4.78, 5) is 24.6. The van der Waals surface area contributed by atoms with Crippen molar-refractivity contribution >= 4 is 5.91 Å². The van der Waals surface area contributed by atoms with E-state index in [-0.39, 0.29) is 11.4 Å². The molecule has 0 atom stereocenters. The number of ether oxygens (including phenoxy) is 1. The van der Waals surface area contributed by atoms with Crippen LogP contribution in [0.4, 0.5) is 0 Å². The monoisotopic (exact) mass is 276 g/mol. The molecular weight excluding hydrogens is 256 g/mol. The Kier molecular flexibility index (Phi) is 3.67. The van der Waals surface area contributed by atoms with Crippen molar-refractivity contribution in [3.05, 3.63) is 24.3 Å². The lowest BCUT2D eigenvalue weighted by atomic mass is 9.85. The number of morpholine rings is 1. The topological polar surface area (TPSA) is 58.6 Å². The number of piperidine rings is 1. The lowest BCUT2D eigenvalue weighted by molar-refractivity contribution is -0.0796. The van der Waals surface area contributed by atoms with Gasteiger partial charge in [-0.3, -0.25) is 14.7 Å². The minimum absolute atomic E-state index is 0.0210. The number of rotatable bonds is 1. The Labute approximate surface area is 118 Å². The molecule has 1 aromatic rings. The molecule has 1 aromatic heterocycles. The van der Waals surface area contributed by atoms with Crippen LogP contribution in [-0.4, -0.2) is 71.1 Å². The predicted molar refractivity (Wildman–Crippen MR) is 73.3 cm³/mol. The number of hydrogen-bond donors (Lipinski definition) is 0. The molecule has 20 heavy (non-hydrogen) atoms. The molecule has 0 bridgehead atoms. The summed E-state index contributed by atoms with van der Waals surface area (Å²) in [5.41, 5.74) is 0.536. The van der Waals surface area contributed by atoms with Gasteiger partial charge in [-0.05, 0) is 19.9 Å². The van der Waals surface area contributed by atoms with Gasteiger partial charge < -0.3 is 9.64 Å². The van der Waals surface area contributed by atoms with Crippen molar-refractivity contribution in [3.63, 3.8) is 0 Å². The zero-order valence-electron chi connectivity index (χ0n) is 11.8. The number of likely N-dealkylation sites (tertiary alicyclic amines) is 1. The van der Waals surface area contributed by atoms with Crippen LogP contribution in [0.5, 0.6) is 0 Å². The quantitative estimate of drug-likeness (QED) is 0.744. The van der Waals surface area contributed by atoms with E-state index in [2.05, 4.69) is 21.9 Å². The van der Waals surface area contributed by atoms with Crippen LogP contribution in [0.25, 0.3) is 0 Å². The van der Waals surface area contributed by atoms with Crippen molar-refractivity contribution in [3.8, 4) is 0 Å². The van der Waals surface area contributed by atoms with E-state index in [0.717, 1.165) is 45.7 Å². The summed E-state index contributed by atoms with van der Waals surface area (Å²) >= 11 is 0. The summed E-state index contributed by atoms with van der Waals surface area (Å²) in [5.74, 6) is -0.0210. The van der Waals surface area contributed by atoms with Gasteiger partial charge in [0, 0.05) is 37.6 Å². The molecule has 2 aliphatic rings. The molecule has 3 rings (SSSR count). The summed E-state index contributed by atoms with van der Waals surface area (Å²) in [5, 5.41) is 0. The highest BCUT2D eigenvalue weighted by Crippen LogP contribution is 2.30. The van der Waals surface area contributed by atoms with Crippen LogP contribution in [-0.2, 0) is 4.74 Å². The Balaban J connectivity index is 1.65. The highest BCUT2D eigenvalue weighted by atomic mass is 16.5. The molecule has 6 nitrogen and oxygen atoms in total. The molecule has 0 N–H and O–H groups in total. The molecule has 2 aliphatic heterocycles. The summed E-state index contributed by atoms with van der Waals surface area (Å²) in [6.07, 6.45) is 6.57. The van der Waals surface area contributed by atoms with Gasteiger partial charge in [0.25, 0.3) is 5.91 Å². The third-order valence-electron chi connectivity index (χ3n) is 4.52. The Hall–Kier alpha value is -1.53. The van der Waals surface area contributed by atoms with Crippen LogP contribution in [0.1, 0.15) is 23.3 Å². The summed E-state index contributed by atoms with van der Waals surface area (Å²) in [6.45, 7) is 4.06. The molecule has 2 fully saturated rings. The lowest BCUT2D eigenvalue weighted by Crippen LogP contribution is -2.60. The minimum Gasteiger partial charge on any atom is -0.378 e. The first kappa shape index (κ1) is 13.5. The van der Waals surface area contributed by atoms with Gasteiger partial charge in [-0.15, -0.1) is 0 Å². The van der Waals surface area contributed by atoms with Crippen molar-refractivity contribution in [2.75, 3.05) is 39.9 Å². The van der Waals surface area contributed by atoms with Crippen LogP contribution in [0.3, 0.4) is 0 Å². The fourth-order valence-corrected chi connectivity index (χ4v) is 3.03. The van der Waals surface area contributed by atoms with E-state index in [4.69, 9.17) is 4.74 Å². The first-order valence-electron chi connectivity index (χ1n) is 7.06. The fraction of sp³-hybridized carbons (Fsp3) is 0.643. The molecular formula is C14H20N4O2. The number of likely N-dealkylation sites (N-methyl/N-ethyl adjacent to an activating group) is 1. The number of carbonyl (C=O) groups is 1. The van der Waals surface area contributed by atoms with Crippen molar-refractivity contribution in [2.45, 2.75) is 18.4 Å². The van der Waals surface area contributed by atoms with Gasteiger partial charge in [0.2, 0.25) is 0 Å². The molecule has 6 heteroatoms. The first-order chi connectivity index (χ1) is 9.71. The van der Waals surface area contributed by atoms with Gasteiger partial charge in [-0.1, -0.05) is 0 Å². The van der Waals surface area contributed by atoms with Crippen molar-refractivity contribution < 1.29 is 9.53 Å². The van der Waals surface area contributed by atoms with Gasteiger partial charge in [0.1, 0.15) is 5.69 Å². The fourth-order valence-electron chi connectivity index (χ4n) is 3.03. The summed E-state index contributed by atoms with van der Waals surface area (Å²) < 4.78 is 5.65. The maximum atomic E-state index is 12.3. The molecule has 0 unspecified atom stereocenters. The smallest absolute Gasteiger partial charge is 0.274 e. The molecule has 0 aromatic carbocycles. The predicted octanol–water partition coefficient (Wildman–Crippen LogP) is 0.413. The SMILES string of the molecule is CN1CCOCC12CCN(C(=O)c1cnccn1)CC2. The second-order valence-corrected chi connectivity index (χ2v) is 5.58. The number of nitrogens with zero attached hydrogens (tertiary/aromatic N) is 4. The van der Waals surface area contributed by atoms with Crippen LogP contribution in [0, 0.1) is 0 Å². The maximum Gasteiger partial charge on any atom is 0.274 e. The van der Waals surface area contributed by atoms with E-state index in [1.54, 1.807) is 12.4 Å². The molecule has 0 saturated carbocycles. The number of aromatic nitrogens is 2. The Morgan fingerprint density at radius 3 is 2.75 bits per heavy atom. The average molecular weight is 276 g/mol. The maximum absolute atomic E-state index is 12.3. The van der Waals surface area contributed by atoms with Gasteiger partial charge >= 0.3 is 0 Å². The molecule has 3 heterocycles. The molecule has 108 valence electrons. The van der Waals surface area contributed by atoms with E-state index in [1.807, 2.05) is 4.90 Å². The van der Waals surface area contributed by atoms with Crippen molar-refractivity contribution in [1.29, 1.82) is 0 Å². The molecule has 1 spiro atoms. The van der Waals surface area contributed by atoms with Crippen molar-refractivity contribution in [2.24, 2.45) is 0 Å². The standard InChI is InChI=1S/C14H20N4O2/c1-17-8-9-20-11-14(17)2-6-18(7-3-14)13(19)12-10-15-4-5-16-12/h4-5,10H,2-3,6-9,11H2,1H3. The molecule has 0 radical (unpaired) electrons. The zero-order valence-corrected chi connectivity index (χ0v) is 11.8. The Bertz CT molecular complexity index is 471. The van der Waals surface area contributed by atoms with E-state index in [9.17, 15) is 4.79 Å². The number of amides is 1. The van der Waals surface area contributed by atoms with Crippen LogP contribution >= 0.6 is 0 Å². The van der Waals surface area contributed by atoms with Gasteiger partial charge in [-0.25, -0.2) is 4.98 Å². The molecule has 0 aliphatic carbocycles.